The molecule has 7 heteroatoms. The molecule has 0 spiro atoms. The maximum absolute atomic E-state index is 12.9. The van der Waals surface area contributed by atoms with E-state index in [0.29, 0.717) is 38.3 Å². The van der Waals surface area contributed by atoms with Crippen LogP contribution >= 0.6 is 0 Å². The number of piperazine rings is 1. The van der Waals surface area contributed by atoms with E-state index in [1.165, 1.54) is 12.1 Å². The van der Waals surface area contributed by atoms with Crippen LogP contribution in [-0.4, -0.2) is 42.1 Å². The summed E-state index contributed by atoms with van der Waals surface area (Å²) in [6.07, 6.45) is 1.55. The molecule has 1 aromatic heterocycles. The zero-order chi connectivity index (χ0) is 17.6. The van der Waals surface area contributed by atoms with E-state index in [1.54, 1.807) is 29.3 Å². The molecule has 3 rings (SSSR count). The first-order valence-corrected chi connectivity index (χ1v) is 8.04. The number of nitriles is 1. The lowest BCUT2D eigenvalue weighted by Gasteiger charge is -2.35. The first kappa shape index (κ1) is 16.7. The lowest BCUT2D eigenvalue weighted by molar-refractivity contribution is 0.194. The van der Waals surface area contributed by atoms with Gasteiger partial charge in [-0.05, 0) is 29.8 Å². The number of nitrogens with one attached hydrogen (secondary N) is 1. The Bertz CT molecular complexity index is 762. The van der Waals surface area contributed by atoms with Crippen molar-refractivity contribution in [1.29, 1.82) is 5.26 Å². The van der Waals surface area contributed by atoms with Gasteiger partial charge in [-0.2, -0.15) is 5.26 Å². The second-order valence-corrected chi connectivity index (χ2v) is 5.78. The van der Waals surface area contributed by atoms with Crippen LogP contribution in [0.1, 0.15) is 11.1 Å². The minimum atomic E-state index is -0.289. The van der Waals surface area contributed by atoms with Crippen LogP contribution in [0.5, 0.6) is 0 Å². The van der Waals surface area contributed by atoms with Crippen LogP contribution in [0.4, 0.5) is 15.0 Å². The van der Waals surface area contributed by atoms with E-state index >= 15 is 0 Å². The van der Waals surface area contributed by atoms with Gasteiger partial charge in [0.25, 0.3) is 0 Å². The van der Waals surface area contributed by atoms with E-state index in [4.69, 9.17) is 5.26 Å². The minimum absolute atomic E-state index is 0.128. The standard InChI is InChI=1S/C18H18FN5O/c19-16-4-1-14(2-5-16)12-22-18(25)24-9-7-23(8-10-24)17-6-3-15(11-20)13-21-17/h1-6,13H,7-10,12H2,(H,22,25). The molecule has 1 fully saturated rings. The maximum atomic E-state index is 12.9. The zero-order valence-electron chi connectivity index (χ0n) is 13.7. The van der Waals surface area contributed by atoms with Crippen LogP contribution in [0.3, 0.4) is 0 Å². The number of rotatable bonds is 3. The van der Waals surface area contributed by atoms with E-state index in [0.717, 1.165) is 11.4 Å². The van der Waals surface area contributed by atoms with E-state index < -0.39 is 0 Å². The summed E-state index contributed by atoms with van der Waals surface area (Å²) in [6.45, 7) is 2.93. The number of carbonyl (C=O) groups excluding carboxylic acids is 1. The molecule has 2 amide bonds. The number of anilines is 1. The van der Waals surface area contributed by atoms with Crippen LogP contribution in [0.25, 0.3) is 0 Å². The summed E-state index contributed by atoms with van der Waals surface area (Å²) in [5.74, 6) is 0.521. The molecule has 6 nitrogen and oxygen atoms in total. The van der Waals surface area contributed by atoms with Crippen molar-refractivity contribution in [3.8, 4) is 6.07 Å². The van der Waals surface area contributed by atoms with Gasteiger partial charge in [-0.3, -0.25) is 0 Å². The summed E-state index contributed by atoms with van der Waals surface area (Å²) in [5, 5.41) is 11.7. The monoisotopic (exact) mass is 339 g/mol. The normalized spacial score (nSPS) is 14.1. The molecule has 1 saturated heterocycles. The molecule has 1 N–H and O–H groups in total. The highest BCUT2D eigenvalue weighted by atomic mass is 19.1. The molecule has 0 atom stereocenters. The maximum Gasteiger partial charge on any atom is 0.317 e. The molecular weight excluding hydrogens is 321 g/mol. The summed E-state index contributed by atoms with van der Waals surface area (Å²) in [5.41, 5.74) is 1.39. The number of urea groups is 1. The highest BCUT2D eigenvalue weighted by Gasteiger charge is 2.21. The Hall–Kier alpha value is -3.14. The van der Waals surface area contributed by atoms with Gasteiger partial charge in [0.15, 0.2) is 0 Å². The van der Waals surface area contributed by atoms with Gasteiger partial charge < -0.3 is 15.1 Å². The van der Waals surface area contributed by atoms with Gasteiger partial charge in [0.2, 0.25) is 0 Å². The fourth-order valence-corrected chi connectivity index (χ4v) is 2.67. The molecule has 0 radical (unpaired) electrons. The molecule has 0 bridgehead atoms. The first-order valence-electron chi connectivity index (χ1n) is 8.04. The SMILES string of the molecule is N#Cc1ccc(N2CCN(C(=O)NCc3ccc(F)cc3)CC2)nc1. The summed E-state index contributed by atoms with van der Waals surface area (Å²) < 4.78 is 12.9. The van der Waals surface area contributed by atoms with Gasteiger partial charge >= 0.3 is 6.03 Å². The van der Waals surface area contributed by atoms with Crippen molar-refractivity contribution in [3.63, 3.8) is 0 Å². The number of hydrogen-bond acceptors (Lipinski definition) is 4. The molecule has 2 aromatic rings. The average Bonchev–Trinajstić information content (AvgIpc) is 2.67. The Labute approximate surface area is 145 Å². The Morgan fingerprint density at radius 2 is 1.88 bits per heavy atom. The topological polar surface area (TPSA) is 72.3 Å². The van der Waals surface area contributed by atoms with Gasteiger partial charge in [-0.1, -0.05) is 12.1 Å². The summed E-state index contributed by atoms with van der Waals surface area (Å²) in [4.78, 5) is 20.4. The number of carbonyl (C=O) groups is 1. The molecule has 0 aliphatic carbocycles. The van der Waals surface area contributed by atoms with Crippen molar-refractivity contribution in [2.75, 3.05) is 31.1 Å². The van der Waals surface area contributed by atoms with E-state index in [1.807, 2.05) is 12.1 Å². The van der Waals surface area contributed by atoms with Crippen LogP contribution in [0.2, 0.25) is 0 Å². The Balaban J connectivity index is 1.48. The van der Waals surface area contributed by atoms with Crippen LogP contribution < -0.4 is 10.2 Å². The van der Waals surface area contributed by atoms with Gasteiger partial charge in [0.05, 0.1) is 5.56 Å². The molecule has 1 aliphatic heterocycles. The highest BCUT2D eigenvalue weighted by molar-refractivity contribution is 5.74. The second kappa shape index (κ2) is 7.62. The smallest absolute Gasteiger partial charge is 0.317 e. The van der Waals surface area contributed by atoms with Crippen molar-refractivity contribution in [2.24, 2.45) is 0 Å². The number of amides is 2. The highest BCUT2D eigenvalue weighted by Crippen LogP contribution is 2.14. The van der Waals surface area contributed by atoms with Gasteiger partial charge in [-0.25, -0.2) is 14.2 Å². The predicted molar refractivity (Wildman–Crippen MR) is 91.4 cm³/mol. The average molecular weight is 339 g/mol. The van der Waals surface area contributed by atoms with E-state index in [2.05, 4.69) is 15.2 Å². The summed E-state index contributed by atoms with van der Waals surface area (Å²) in [7, 11) is 0. The second-order valence-electron chi connectivity index (χ2n) is 5.78. The number of aromatic nitrogens is 1. The third kappa shape index (κ3) is 4.23. The lowest BCUT2D eigenvalue weighted by atomic mass is 10.2. The fourth-order valence-electron chi connectivity index (χ4n) is 2.67. The number of pyridine rings is 1. The Kier molecular flexibility index (Phi) is 5.09. The number of halogens is 1. The first-order chi connectivity index (χ1) is 12.2. The molecule has 1 aliphatic rings. The van der Waals surface area contributed by atoms with Crippen LogP contribution in [0.15, 0.2) is 42.6 Å². The molecule has 128 valence electrons. The van der Waals surface area contributed by atoms with E-state index in [9.17, 15) is 9.18 Å². The van der Waals surface area contributed by atoms with E-state index in [-0.39, 0.29) is 11.8 Å². The lowest BCUT2D eigenvalue weighted by Crippen LogP contribution is -2.51. The molecule has 25 heavy (non-hydrogen) atoms. The molecule has 0 saturated carbocycles. The van der Waals surface area contributed by atoms with Crippen molar-refractivity contribution in [3.05, 3.63) is 59.5 Å². The quantitative estimate of drug-likeness (QED) is 0.930. The molecular formula is C18H18FN5O. The molecule has 0 unspecified atom stereocenters. The van der Waals surface area contributed by atoms with Crippen molar-refractivity contribution in [1.82, 2.24) is 15.2 Å². The summed E-state index contributed by atoms with van der Waals surface area (Å²) in [6, 6.07) is 11.6. The van der Waals surface area contributed by atoms with Gasteiger partial charge in [0, 0.05) is 38.9 Å². The fraction of sp³-hybridized carbons (Fsp3) is 0.278. The number of benzene rings is 1. The van der Waals surface area contributed by atoms with Crippen molar-refractivity contribution >= 4 is 11.8 Å². The third-order valence-corrected chi connectivity index (χ3v) is 4.12. The Morgan fingerprint density at radius 1 is 1.16 bits per heavy atom. The van der Waals surface area contributed by atoms with Crippen LogP contribution in [0, 0.1) is 17.1 Å². The largest absolute Gasteiger partial charge is 0.353 e. The van der Waals surface area contributed by atoms with Gasteiger partial charge in [0.1, 0.15) is 17.7 Å². The predicted octanol–water partition coefficient (Wildman–Crippen LogP) is 2.12. The van der Waals surface area contributed by atoms with Crippen LogP contribution in [-0.2, 0) is 6.54 Å². The zero-order valence-corrected chi connectivity index (χ0v) is 13.7. The summed E-state index contributed by atoms with van der Waals surface area (Å²) >= 11 is 0. The molecule has 2 heterocycles. The number of hydrogen-bond donors (Lipinski definition) is 1. The van der Waals surface area contributed by atoms with Gasteiger partial charge in [-0.15, -0.1) is 0 Å². The third-order valence-electron chi connectivity index (χ3n) is 4.12. The Morgan fingerprint density at radius 3 is 2.48 bits per heavy atom. The van der Waals surface area contributed by atoms with Crippen molar-refractivity contribution in [2.45, 2.75) is 6.54 Å². The minimum Gasteiger partial charge on any atom is -0.353 e. The van der Waals surface area contributed by atoms with Crippen molar-refractivity contribution < 1.29 is 9.18 Å². The number of nitrogens with zero attached hydrogens (tertiary/aromatic N) is 4. The molecule has 1 aromatic carbocycles.